The summed E-state index contributed by atoms with van der Waals surface area (Å²) in [5.41, 5.74) is 0.333. The third-order valence-corrected chi connectivity index (χ3v) is 5.63. The molecule has 1 aromatic carbocycles. The number of ether oxygens (including phenoxy) is 1. The molecule has 0 saturated heterocycles. The molecule has 1 heterocycles. The summed E-state index contributed by atoms with van der Waals surface area (Å²) in [7, 11) is 0. The third-order valence-electron chi connectivity index (χ3n) is 4.56. The van der Waals surface area contributed by atoms with Crippen LogP contribution in [0.4, 0.5) is 0 Å². The van der Waals surface area contributed by atoms with E-state index < -0.39 is 5.97 Å². The molecule has 2 aromatic rings. The molecule has 0 unspecified atom stereocenters. The number of carbonyl (C=O) groups is 3. The maximum absolute atomic E-state index is 12.4. The number of benzene rings is 1. The standard InChI is InChI=1S/C21H24N2O5S/c1-14(15-8-9-15)23-19(24)12-28-21(26)17-6-2-3-7-18(17)29-13-20(25)22-11-16-5-4-10-27-16/h2-7,10,14-15H,8-9,11-13H2,1H3,(H,22,25)(H,23,24)/t14-/m0/s1. The van der Waals surface area contributed by atoms with Crippen LogP contribution < -0.4 is 10.6 Å². The number of hydrogen-bond donors (Lipinski definition) is 2. The van der Waals surface area contributed by atoms with E-state index in [1.54, 1.807) is 42.7 Å². The van der Waals surface area contributed by atoms with Crippen molar-refractivity contribution in [2.75, 3.05) is 12.4 Å². The lowest BCUT2D eigenvalue weighted by Crippen LogP contribution is -2.37. The smallest absolute Gasteiger partial charge is 0.339 e. The van der Waals surface area contributed by atoms with Crippen LogP contribution in [0, 0.1) is 5.92 Å². The number of nitrogens with one attached hydrogen (secondary N) is 2. The monoisotopic (exact) mass is 416 g/mol. The molecule has 0 aliphatic heterocycles. The number of thioether (sulfide) groups is 1. The molecular weight excluding hydrogens is 392 g/mol. The molecule has 1 aliphatic carbocycles. The third kappa shape index (κ3) is 6.67. The van der Waals surface area contributed by atoms with Gasteiger partial charge in [0.2, 0.25) is 5.91 Å². The van der Waals surface area contributed by atoms with E-state index in [-0.39, 0.29) is 30.2 Å². The topological polar surface area (TPSA) is 97.6 Å². The highest BCUT2D eigenvalue weighted by Gasteiger charge is 2.29. The van der Waals surface area contributed by atoms with Crippen LogP contribution in [0.3, 0.4) is 0 Å². The van der Waals surface area contributed by atoms with Crippen LogP contribution in [0.2, 0.25) is 0 Å². The van der Waals surface area contributed by atoms with E-state index >= 15 is 0 Å². The molecule has 1 fully saturated rings. The zero-order valence-electron chi connectivity index (χ0n) is 16.2. The van der Waals surface area contributed by atoms with Crippen molar-refractivity contribution in [1.29, 1.82) is 0 Å². The number of rotatable bonds is 10. The van der Waals surface area contributed by atoms with Gasteiger partial charge in [0, 0.05) is 10.9 Å². The summed E-state index contributed by atoms with van der Waals surface area (Å²) in [6, 6.07) is 10.5. The minimum absolute atomic E-state index is 0.101. The fraction of sp³-hybridized carbons (Fsp3) is 0.381. The number of carbonyl (C=O) groups excluding carboxylic acids is 3. The summed E-state index contributed by atoms with van der Waals surface area (Å²) in [6.45, 7) is 1.95. The molecule has 29 heavy (non-hydrogen) atoms. The van der Waals surface area contributed by atoms with Gasteiger partial charge in [-0.1, -0.05) is 12.1 Å². The molecule has 1 atom stereocenters. The van der Waals surface area contributed by atoms with E-state index in [2.05, 4.69) is 10.6 Å². The zero-order valence-corrected chi connectivity index (χ0v) is 17.0. The molecular formula is C21H24N2O5S. The summed E-state index contributed by atoms with van der Waals surface area (Å²) >= 11 is 1.23. The maximum Gasteiger partial charge on any atom is 0.339 e. The van der Waals surface area contributed by atoms with Crippen molar-refractivity contribution in [3.05, 3.63) is 54.0 Å². The lowest BCUT2D eigenvalue weighted by molar-refractivity contribution is -0.125. The van der Waals surface area contributed by atoms with Gasteiger partial charge in [-0.25, -0.2) is 4.79 Å². The lowest BCUT2D eigenvalue weighted by Gasteiger charge is -2.13. The molecule has 1 aliphatic rings. The number of amides is 2. The highest BCUT2D eigenvalue weighted by Crippen LogP contribution is 2.32. The van der Waals surface area contributed by atoms with E-state index in [1.807, 2.05) is 6.92 Å². The molecule has 154 valence electrons. The van der Waals surface area contributed by atoms with E-state index in [9.17, 15) is 14.4 Å². The van der Waals surface area contributed by atoms with E-state index in [0.717, 1.165) is 12.8 Å². The highest BCUT2D eigenvalue weighted by atomic mass is 32.2. The Morgan fingerprint density at radius 3 is 2.69 bits per heavy atom. The average molecular weight is 416 g/mol. The predicted octanol–water partition coefficient (Wildman–Crippen LogP) is 2.76. The summed E-state index contributed by atoms with van der Waals surface area (Å²) in [5.74, 6) is 0.276. The Morgan fingerprint density at radius 1 is 1.17 bits per heavy atom. The van der Waals surface area contributed by atoms with Crippen molar-refractivity contribution in [2.45, 2.75) is 37.2 Å². The minimum atomic E-state index is -0.585. The molecule has 1 aromatic heterocycles. The SMILES string of the molecule is C[C@H](NC(=O)COC(=O)c1ccccc1SCC(=O)NCc1ccco1)C1CC1. The molecule has 0 radical (unpaired) electrons. The number of hydrogen-bond acceptors (Lipinski definition) is 6. The fourth-order valence-corrected chi connectivity index (χ4v) is 3.64. The van der Waals surface area contributed by atoms with Gasteiger partial charge in [-0.15, -0.1) is 11.8 Å². The Kier molecular flexibility index (Phi) is 7.35. The van der Waals surface area contributed by atoms with Gasteiger partial charge in [0.15, 0.2) is 6.61 Å². The first-order valence-electron chi connectivity index (χ1n) is 9.50. The number of furan rings is 1. The second kappa shape index (κ2) is 10.2. The maximum atomic E-state index is 12.4. The van der Waals surface area contributed by atoms with Crippen molar-refractivity contribution in [1.82, 2.24) is 10.6 Å². The Hall–Kier alpha value is -2.74. The summed E-state index contributed by atoms with van der Waals surface area (Å²) in [6.07, 6.45) is 3.80. The van der Waals surface area contributed by atoms with Gasteiger partial charge in [0.05, 0.1) is 24.1 Å². The zero-order chi connectivity index (χ0) is 20.6. The summed E-state index contributed by atoms with van der Waals surface area (Å²) < 4.78 is 10.3. The van der Waals surface area contributed by atoms with E-state index in [4.69, 9.17) is 9.15 Å². The highest BCUT2D eigenvalue weighted by molar-refractivity contribution is 8.00. The van der Waals surface area contributed by atoms with Crippen molar-refractivity contribution in [2.24, 2.45) is 5.92 Å². The summed E-state index contributed by atoms with van der Waals surface area (Å²) in [5, 5.41) is 5.60. The lowest BCUT2D eigenvalue weighted by atomic mass is 10.2. The molecule has 2 N–H and O–H groups in total. The van der Waals surface area contributed by atoms with E-state index in [1.165, 1.54) is 11.8 Å². The van der Waals surface area contributed by atoms with Gasteiger partial charge in [-0.3, -0.25) is 9.59 Å². The summed E-state index contributed by atoms with van der Waals surface area (Å²) in [4.78, 5) is 37.0. The van der Waals surface area contributed by atoms with Crippen molar-refractivity contribution < 1.29 is 23.5 Å². The van der Waals surface area contributed by atoms with Gasteiger partial charge in [0.25, 0.3) is 5.91 Å². The van der Waals surface area contributed by atoms with Crippen molar-refractivity contribution in [3.63, 3.8) is 0 Å². The van der Waals surface area contributed by atoms with Crippen LogP contribution >= 0.6 is 11.8 Å². The van der Waals surface area contributed by atoms with Gasteiger partial charge < -0.3 is 19.8 Å². The molecule has 0 spiro atoms. The number of esters is 1. The minimum Gasteiger partial charge on any atom is -0.467 e. The predicted molar refractivity (Wildman–Crippen MR) is 108 cm³/mol. The van der Waals surface area contributed by atoms with Crippen molar-refractivity contribution >= 4 is 29.5 Å². The first-order valence-corrected chi connectivity index (χ1v) is 10.5. The van der Waals surface area contributed by atoms with Crippen LogP contribution in [0.5, 0.6) is 0 Å². The van der Waals surface area contributed by atoms with Crippen LogP contribution in [0.15, 0.2) is 52.0 Å². The Morgan fingerprint density at radius 2 is 1.97 bits per heavy atom. The largest absolute Gasteiger partial charge is 0.467 e. The first-order chi connectivity index (χ1) is 14.0. The van der Waals surface area contributed by atoms with Crippen LogP contribution in [-0.4, -0.2) is 36.2 Å². The molecule has 8 heteroatoms. The van der Waals surface area contributed by atoms with Crippen LogP contribution in [0.1, 0.15) is 35.9 Å². The van der Waals surface area contributed by atoms with Crippen LogP contribution in [-0.2, 0) is 20.9 Å². The Balaban J connectivity index is 1.46. The molecule has 7 nitrogen and oxygen atoms in total. The fourth-order valence-electron chi connectivity index (χ4n) is 2.77. The van der Waals surface area contributed by atoms with Gasteiger partial charge in [-0.2, -0.15) is 0 Å². The Labute approximate surface area is 173 Å². The Bertz CT molecular complexity index is 849. The van der Waals surface area contributed by atoms with Crippen LogP contribution in [0.25, 0.3) is 0 Å². The van der Waals surface area contributed by atoms with Gasteiger partial charge >= 0.3 is 5.97 Å². The van der Waals surface area contributed by atoms with E-state index in [0.29, 0.717) is 28.7 Å². The second-order valence-electron chi connectivity index (χ2n) is 6.91. The van der Waals surface area contributed by atoms with Crippen molar-refractivity contribution in [3.8, 4) is 0 Å². The second-order valence-corrected chi connectivity index (χ2v) is 7.93. The van der Waals surface area contributed by atoms with Gasteiger partial charge in [0.1, 0.15) is 5.76 Å². The molecule has 0 bridgehead atoms. The quantitative estimate of drug-likeness (QED) is 0.457. The normalized spacial score (nSPS) is 14.1. The molecule has 3 rings (SSSR count). The molecule has 2 amide bonds. The average Bonchev–Trinajstić information content (AvgIpc) is 3.45. The first kappa shape index (κ1) is 21.0. The molecule has 1 saturated carbocycles. The van der Waals surface area contributed by atoms with Gasteiger partial charge in [-0.05, 0) is 49.9 Å².